The second-order valence-corrected chi connectivity index (χ2v) is 8.82. The molecule has 5 rings (SSSR count). The lowest BCUT2D eigenvalue weighted by Gasteiger charge is -2.44. The van der Waals surface area contributed by atoms with E-state index >= 15 is 0 Å². The number of nitrogens with zero attached hydrogens (tertiary/aromatic N) is 1. The summed E-state index contributed by atoms with van der Waals surface area (Å²) in [7, 11) is 0. The van der Waals surface area contributed by atoms with E-state index in [1.807, 2.05) is 30.3 Å². The highest BCUT2D eigenvalue weighted by Gasteiger charge is 2.54. The van der Waals surface area contributed by atoms with Gasteiger partial charge in [-0.25, -0.2) is 0 Å². The highest BCUT2D eigenvalue weighted by atomic mass is 16.3. The van der Waals surface area contributed by atoms with Crippen molar-refractivity contribution < 1.29 is 10.2 Å². The zero-order chi connectivity index (χ0) is 19.2. The SMILES string of the molecule is O[C@H]1[C@H](N2CCC(O)(c3ccccc3)CC2)c2ccccc2C12CCNCC2. The minimum Gasteiger partial charge on any atom is -0.390 e. The summed E-state index contributed by atoms with van der Waals surface area (Å²) in [5.41, 5.74) is 2.77. The quantitative estimate of drug-likeness (QED) is 0.752. The van der Waals surface area contributed by atoms with E-state index in [9.17, 15) is 10.2 Å². The second kappa shape index (κ2) is 6.96. The number of hydrogen-bond donors (Lipinski definition) is 3. The second-order valence-electron chi connectivity index (χ2n) is 8.82. The summed E-state index contributed by atoms with van der Waals surface area (Å²) < 4.78 is 0. The van der Waals surface area contributed by atoms with E-state index in [-0.39, 0.29) is 17.6 Å². The zero-order valence-electron chi connectivity index (χ0n) is 16.3. The molecule has 2 saturated heterocycles. The van der Waals surface area contributed by atoms with Crippen molar-refractivity contribution in [3.8, 4) is 0 Å². The van der Waals surface area contributed by atoms with Crippen LogP contribution < -0.4 is 5.32 Å². The van der Waals surface area contributed by atoms with E-state index in [2.05, 4.69) is 34.5 Å². The van der Waals surface area contributed by atoms with Crippen molar-refractivity contribution in [3.63, 3.8) is 0 Å². The molecule has 3 N–H and O–H groups in total. The van der Waals surface area contributed by atoms with Crippen LogP contribution in [0.15, 0.2) is 54.6 Å². The molecule has 2 aromatic rings. The van der Waals surface area contributed by atoms with Crippen LogP contribution in [-0.4, -0.2) is 47.4 Å². The minimum absolute atomic E-state index is 0.0367. The average Bonchev–Trinajstić information content (AvgIpc) is 2.98. The first-order valence-electron chi connectivity index (χ1n) is 10.6. The molecule has 148 valence electrons. The lowest BCUT2D eigenvalue weighted by Crippen LogP contribution is -2.51. The molecule has 2 heterocycles. The molecule has 0 bridgehead atoms. The molecule has 1 aliphatic carbocycles. The van der Waals surface area contributed by atoms with Gasteiger partial charge in [-0.15, -0.1) is 0 Å². The van der Waals surface area contributed by atoms with E-state index in [0.717, 1.165) is 44.6 Å². The number of benzene rings is 2. The van der Waals surface area contributed by atoms with E-state index in [4.69, 9.17) is 0 Å². The molecule has 0 unspecified atom stereocenters. The predicted octanol–water partition coefficient (Wildman–Crippen LogP) is 2.71. The van der Waals surface area contributed by atoms with Gasteiger partial charge in [0.1, 0.15) is 0 Å². The molecule has 3 aliphatic rings. The molecule has 2 fully saturated rings. The molecular weight excluding hydrogens is 348 g/mol. The highest BCUT2D eigenvalue weighted by molar-refractivity contribution is 5.45. The molecule has 0 saturated carbocycles. The monoisotopic (exact) mass is 378 g/mol. The number of piperidine rings is 2. The molecule has 0 aromatic heterocycles. The maximum absolute atomic E-state index is 11.6. The Hall–Kier alpha value is -1.72. The van der Waals surface area contributed by atoms with Gasteiger partial charge in [-0.05, 0) is 55.5 Å². The summed E-state index contributed by atoms with van der Waals surface area (Å²) >= 11 is 0. The van der Waals surface area contributed by atoms with Crippen molar-refractivity contribution in [2.24, 2.45) is 0 Å². The number of fused-ring (bicyclic) bond motifs is 2. The van der Waals surface area contributed by atoms with Crippen LogP contribution in [0.2, 0.25) is 0 Å². The molecule has 2 aromatic carbocycles. The number of aliphatic hydroxyl groups is 2. The Bertz CT molecular complexity index is 824. The fourth-order valence-electron chi connectivity index (χ4n) is 5.88. The lowest BCUT2D eigenvalue weighted by molar-refractivity contribution is -0.0635. The van der Waals surface area contributed by atoms with Gasteiger partial charge in [0.15, 0.2) is 0 Å². The Balaban J connectivity index is 1.42. The van der Waals surface area contributed by atoms with E-state index in [1.165, 1.54) is 11.1 Å². The summed E-state index contributed by atoms with van der Waals surface area (Å²) in [4.78, 5) is 2.41. The van der Waals surface area contributed by atoms with Crippen LogP contribution in [0.3, 0.4) is 0 Å². The average molecular weight is 379 g/mol. The van der Waals surface area contributed by atoms with Crippen molar-refractivity contribution in [1.82, 2.24) is 10.2 Å². The Morgan fingerprint density at radius 1 is 0.857 bits per heavy atom. The molecular formula is C24H30N2O2. The summed E-state index contributed by atoms with van der Waals surface area (Å²) in [6, 6.07) is 18.7. The number of nitrogens with one attached hydrogen (secondary N) is 1. The smallest absolute Gasteiger partial charge is 0.0920 e. The van der Waals surface area contributed by atoms with Gasteiger partial charge >= 0.3 is 0 Å². The van der Waals surface area contributed by atoms with Crippen molar-refractivity contribution in [2.75, 3.05) is 26.2 Å². The molecule has 2 aliphatic heterocycles. The van der Waals surface area contributed by atoms with Crippen LogP contribution in [0.25, 0.3) is 0 Å². The largest absolute Gasteiger partial charge is 0.390 e. The number of aliphatic hydroxyl groups excluding tert-OH is 1. The van der Waals surface area contributed by atoms with Crippen LogP contribution >= 0.6 is 0 Å². The Morgan fingerprint density at radius 2 is 1.50 bits per heavy atom. The lowest BCUT2D eigenvalue weighted by atomic mass is 9.72. The molecule has 4 nitrogen and oxygen atoms in total. The Kier molecular flexibility index (Phi) is 4.55. The highest BCUT2D eigenvalue weighted by Crippen LogP contribution is 2.53. The summed E-state index contributed by atoms with van der Waals surface area (Å²) in [5.74, 6) is 0. The Labute approximate surface area is 167 Å². The maximum Gasteiger partial charge on any atom is 0.0920 e. The van der Waals surface area contributed by atoms with E-state index < -0.39 is 5.60 Å². The minimum atomic E-state index is -0.757. The predicted molar refractivity (Wildman–Crippen MR) is 110 cm³/mol. The van der Waals surface area contributed by atoms with Gasteiger partial charge < -0.3 is 15.5 Å². The van der Waals surface area contributed by atoms with Crippen LogP contribution in [0, 0.1) is 0 Å². The molecule has 4 heteroatoms. The number of likely N-dealkylation sites (tertiary alicyclic amines) is 1. The van der Waals surface area contributed by atoms with Crippen molar-refractivity contribution in [2.45, 2.75) is 48.8 Å². The van der Waals surface area contributed by atoms with Gasteiger partial charge in [-0.3, -0.25) is 4.90 Å². The topological polar surface area (TPSA) is 55.7 Å². The third-order valence-corrected chi connectivity index (χ3v) is 7.51. The zero-order valence-corrected chi connectivity index (χ0v) is 16.3. The fraction of sp³-hybridized carbons (Fsp3) is 0.500. The molecule has 2 atom stereocenters. The van der Waals surface area contributed by atoms with Crippen LogP contribution in [0.1, 0.15) is 48.4 Å². The molecule has 0 radical (unpaired) electrons. The first-order chi connectivity index (χ1) is 13.6. The van der Waals surface area contributed by atoms with Crippen LogP contribution in [0.5, 0.6) is 0 Å². The van der Waals surface area contributed by atoms with Gasteiger partial charge in [0.25, 0.3) is 0 Å². The van der Waals surface area contributed by atoms with Gasteiger partial charge in [0.2, 0.25) is 0 Å². The fourth-order valence-corrected chi connectivity index (χ4v) is 5.88. The van der Waals surface area contributed by atoms with Gasteiger partial charge in [-0.1, -0.05) is 54.6 Å². The summed E-state index contributed by atoms with van der Waals surface area (Å²) in [5, 5.41) is 26.2. The first-order valence-corrected chi connectivity index (χ1v) is 10.6. The van der Waals surface area contributed by atoms with Crippen molar-refractivity contribution >= 4 is 0 Å². The molecule has 0 amide bonds. The van der Waals surface area contributed by atoms with Crippen LogP contribution in [0.4, 0.5) is 0 Å². The normalized spacial score (nSPS) is 28.9. The molecule has 1 spiro atoms. The number of hydrogen-bond acceptors (Lipinski definition) is 4. The van der Waals surface area contributed by atoms with Gasteiger partial charge in [-0.2, -0.15) is 0 Å². The first kappa shape index (κ1) is 18.3. The number of rotatable bonds is 2. The third-order valence-electron chi connectivity index (χ3n) is 7.51. The standard InChI is InChI=1S/C24H30N2O2/c27-22-21(19-8-4-5-9-20(19)23(22)10-14-25-15-11-23)26-16-12-24(28,13-17-26)18-6-2-1-3-7-18/h1-9,21-22,25,27-28H,10-17H2/t21-,22+/m1/s1. The third kappa shape index (κ3) is 2.74. The van der Waals surface area contributed by atoms with Gasteiger partial charge in [0.05, 0.1) is 17.7 Å². The summed E-state index contributed by atoms with van der Waals surface area (Å²) in [6.07, 6.45) is 3.01. The van der Waals surface area contributed by atoms with Crippen LogP contribution in [-0.2, 0) is 11.0 Å². The van der Waals surface area contributed by atoms with E-state index in [0.29, 0.717) is 12.8 Å². The van der Waals surface area contributed by atoms with Crippen molar-refractivity contribution in [1.29, 1.82) is 0 Å². The maximum atomic E-state index is 11.6. The van der Waals surface area contributed by atoms with Crippen molar-refractivity contribution in [3.05, 3.63) is 71.3 Å². The summed E-state index contributed by atoms with van der Waals surface area (Å²) in [6.45, 7) is 3.53. The Morgan fingerprint density at radius 3 is 2.21 bits per heavy atom. The van der Waals surface area contributed by atoms with E-state index in [1.54, 1.807) is 0 Å². The molecule has 28 heavy (non-hydrogen) atoms. The van der Waals surface area contributed by atoms with Gasteiger partial charge in [0, 0.05) is 18.5 Å².